The summed E-state index contributed by atoms with van der Waals surface area (Å²) in [6.45, 7) is 1.91. The minimum Gasteiger partial charge on any atom is -0.466 e. The molecule has 0 bridgehead atoms. The zero-order valence-electron chi connectivity index (χ0n) is 8.12. The molecule has 0 aromatic carbocycles. The van der Waals surface area contributed by atoms with E-state index in [1.807, 2.05) is 6.92 Å². The molecule has 4 nitrogen and oxygen atoms in total. The Labute approximate surface area is 77.5 Å². The summed E-state index contributed by atoms with van der Waals surface area (Å²) in [7, 11) is 2.54. The lowest BCUT2D eigenvalue weighted by atomic mass is 10.1. The van der Waals surface area contributed by atoms with E-state index in [1.165, 1.54) is 14.2 Å². The molecule has 0 aliphatic rings. The van der Waals surface area contributed by atoms with Gasteiger partial charge in [0.2, 0.25) is 0 Å². The Balaban J connectivity index is 4.48. The first kappa shape index (κ1) is 11.7. The van der Waals surface area contributed by atoms with Crippen molar-refractivity contribution in [1.82, 2.24) is 0 Å². The fourth-order valence-electron chi connectivity index (χ4n) is 0.835. The first-order chi connectivity index (χ1) is 6.15. The van der Waals surface area contributed by atoms with E-state index in [1.54, 1.807) is 0 Å². The van der Waals surface area contributed by atoms with Crippen molar-refractivity contribution in [1.29, 1.82) is 0 Å². The van der Waals surface area contributed by atoms with Gasteiger partial charge in [0, 0.05) is 11.6 Å². The summed E-state index contributed by atoms with van der Waals surface area (Å²) in [5.41, 5.74) is 0.344. The molecule has 0 atom stereocenters. The SMILES string of the molecule is CCC/C(=C\C(=O)OC)C(=O)OC. The normalized spacial score (nSPS) is 10.8. The molecule has 74 valence electrons. The van der Waals surface area contributed by atoms with Crippen LogP contribution in [0, 0.1) is 0 Å². The average Bonchev–Trinajstić information content (AvgIpc) is 2.15. The number of carbonyl (C=O) groups excluding carboxylic acids is 2. The van der Waals surface area contributed by atoms with Crippen LogP contribution in [0.2, 0.25) is 0 Å². The van der Waals surface area contributed by atoms with Crippen LogP contribution in [0.5, 0.6) is 0 Å². The summed E-state index contributed by atoms with van der Waals surface area (Å²) in [5, 5.41) is 0. The summed E-state index contributed by atoms with van der Waals surface area (Å²) < 4.78 is 8.89. The second-order valence-corrected chi connectivity index (χ2v) is 2.43. The van der Waals surface area contributed by atoms with Gasteiger partial charge >= 0.3 is 11.9 Å². The van der Waals surface area contributed by atoms with E-state index in [0.29, 0.717) is 12.0 Å². The fraction of sp³-hybridized carbons (Fsp3) is 0.556. The minimum absolute atomic E-state index is 0.344. The summed E-state index contributed by atoms with van der Waals surface area (Å²) in [6, 6.07) is 0. The van der Waals surface area contributed by atoms with Crippen LogP contribution in [0.25, 0.3) is 0 Å². The highest BCUT2D eigenvalue weighted by Gasteiger charge is 2.10. The van der Waals surface area contributed by atoms with Gasteiger partial charge in [0.1, 0.15) is 0 Å². The largest absolute Gasteiger partial charge is 0.466 e. The molecule has 0 spiro atoms. The summed E-state index contributed by atoms with van der Waals surface area (Å²) in [5.74, 6) is -1.01. The standard InChI is InChI=1S/C9H14O4/c1-4-5-7(9(11)13-3)6-8(10)12-2/h6H,4-5H2,1-3H3/b7-6+. The lowest BCUT2D eigenvalue weighted by Crippen LogP contribution is -2.08. The van der Waals surface area contributed by atoms with E-state index in [0.717, 1.165) is 12.5 Å². The molecule has 13 heavy (non-hydrogen) atoms. The van der Waals surface area contributed by atoms with Crippen molar-refractivity contribution in [3.8, 4) is 0 Å². The van der Waals surface area contributed by atoms with Crippen molar-refractivity contribution in [2.24, 2.45) is 0 Å². The Kier molecular flexibility index (Phi) is 5.59. The molecule has 0 saturated heterocycles. The predicted molar refractivity (Wildman–Crippen MR) is 47.0 cm³/mol. The van der Waals surface area contributed by atoms with Crippen molar-refractivity contribution in [2.75, 3.05) is 14.2 Å². The molecule has 0 aliphatic carbocycles. The van der Waals surface area contributed by atoms with Gasteiger partial charge in [-0.05, 0) is 6.42 Å². The zero-order valence-corrected chi connectivity index (χ0v) is 8.12. The molecule has 0 amide bonds. The van der Waals surface area contributed by atoms with Gasteiger partial charge in [0.15, 0.2) is 0 Å². The molecule has 0 radical (unpaired) electrons. The first-order valence-electron chi connectivity index (χ1n) is 4.02. The van der Waals surface area contributed by atoms with Crippen LogP contribution in [0.4, 0.5) is 0 Å². The monoisotopic (exact) mass is 186 g/mol. The number of carbonyl (C=O) groups is 2. The van der Waals surface area contributed by atoms with Gasteiger partial charge in [0.25, 0.3) is 0 Å². The fourth-order valence-corrected chi connectivity index (χ4v) is 0.835. The van der Waals surface area contributed by atoms with Crippen molar-refractivity contribution in [2.45, 2.75) is 19.8 Å². The summed E-state index contributed by atoms with van der Waals surface area (Å²) in [6.07, 6.45) is 2.45. The topological polar surface area (TPSA) is 52.6 Å². The van der Waals surface area contributed by atoms with E-state index in [9.17, 15) is 9.59 Å². The van der Waals surface area contributed by atoms with Gasteiger partial charge in [-0.1, -0.05) is 13.3 Å². The van der Waals surface area contributed by atoms with Crippen molar-refractivity contribution in [3.63, 3.8) is 0 Å². The van der Waals surface area contributed by atoms with Crippen LogP contribution >= 0.6 is 0 Å². The van der Waals surface area contributed by atoms with Gasteiger partial charge in [-0.25, -0.2) is 9.59 Å². The van der Waals surface area contributed by atoms with Crippen LogP contribution in [-0.2, 0) is 19.1 Å². The molecule has 0 unspecified atom stereocenters. The zero-order chi connectivity index (χ0) is 10.3. The lowest BCUT2D eigenvalue weighted by molar-refractivity contribution is -0.138. The Morgan fingerprint density at radius 3 is 2.23 bits per heavy atom. The number of esters is 2. The van der Waals surface area contributed by atoms with Crippen LogP contribution in [0.3, 0.4) is 0 Å². The third-order valence-electron chi connectivity index (χ3n) is 1.46. The number of methoxy groups -OCH3 is 2. The molecular formula is C9H14O4. The van der Waals surface area contributed by atoms with Gasteiger partial charge < -0.3 is 9.47 Å². The molecule has 4 heteroatoms. The minimum atomic E-state index is -0.533. The second-order valence-electron chi connectivity index (χ2n) is 2.43. The van der Waals surface area contributed by atoms with E-state index in [2.05, 4.69) is 9.47 Å². The third kappa shape index (κ3) is 4.30. The molecule has 0 aromatic heterocycles. The maximum atomic E-state index is 11.1. The predicted octanol–water partition coefficient (Wildman–Crippen LogP) is 1.06. The molecule has 0 saturated carbocycles. The van der Waals surface area contributed by atoms with Crippen LogP contribution < -0.4 is 0 Å². The van der Waals surface area contributed by atoms with Crippen LogP contribution in [0.15, 0.2) is 11.6 Å². The van der Waals surface area contributed by atoms with Gasteiger partial charge in [-0.3, -0.25) is 0 Å². The average molecular weight is 186 g/mol. The van der Waals surface area contributed by atoms with E-state index in [4.69, 9.17) is 0 Å². The number of hydrogen-bond donors (Lipinski definition) is 0. The highest BCUT2D eigenvalue weighted by Crippen LogP contribution is 2.06. The van der Waals surface area contributed by atoms with Crippen LogP contribution in [-0.4, -0.2) is 26.2 Å². The number of ether oxygens (including phenoxy) is 2. The molecule has 0 aromatic rings. The van der Waals surface area contributed by atoms with E-state index >= 15 is 0 Å². The smallest absolute Gasteiger partial charge is 0.333 e. The van der Waals surface area contributed by atoms with Gasteiger partial charge in [-0.2, -0.15) is 0 Å². The second kappa shape index (κ2) is 6.22. The third-order valence-corrected chi connectivity index (χ3v) is 1.46. The molecule has 0 rings (SSSR count). The molecule has 0 aliphatic heterocycles. The summed E-state index contributed by atoms with van der Waals surface area (Å²) >= 11 is 0. The highest BCUT2D eigenvalue weighted by molar-refractivity contribution is 5.96. The van der Waals surface area contributed by atoms with Crippen molar-refractivity contribution < 1.29 is 19.1 Å². The van der Waals surface area contributed by atoms with Crippen molar-refractivity contribution in [3.05, 3.63) is 11.6 Å². The lowest BCUT2D eigenvalue weighted by Gasteiger charge is -2.02. The number of rotatable bonds is 4. The Morgan fingerprint density at radius 1 is 1.23 bits per heavy atom. The Hall–Kier alpha value is -1.32. The number of hydrogen-bond acceptors (Lipinski definition) is 4. The van der Waals surface area contributed by atoms with Gasteiger partial charge in [-0.15, -0.1) is 0 Å². The van der Waals surface area contributed by atoms with Crippen molar-refractivity contribution >= 4 is 11.9 Å². The quantitative estimate of drug-likeness (QED) is 0.486. The molecule has 0 N–H and O–H groups in total. The van der Waals surface area contributed by atoms with Gasteiger partial charge in [0.05, 0.1) is 14.2 Å². The Morgan fingerprint density at radius 2 is 1.85 bits per heavy atom. The van der Waals surface area contributed by atoms with E-state index < -0.39 is 11.9 Å². The molecule has 0 heterocycles. The molecular weight excluding hydrogens is 172 g/mol. The summed E-state index contributed by atoms with van der Waals surface area (Å²) in [4.78, 5) is 21.9. The first-order valence-corrected chi connectivity index (χ1v) is 4.02. The highest BCUT2D eigenvalue weighted by atomic mass is 16.5. The van der Waals surface area contributed by atoms with E-state index in [-0.39, 0.29) is 0 Å². The molecule has 0 fully saturated rings. The van der Waals surface area contributed by atoms with Crippen LogP contribution in [0.1, 0.15) is 19.8 Å². The Bertz CT molecular complexity index is 218. The maximum absolute atomic E-state index is 11.1. The maximum Gasteiger partial charge on any atom is 0.333 e.